The molecule has 0 aromatic heterocycles. The normalized spacial score (nSPS) is 13.4. The van der Waals surface area contributed by atoms with E-state index in [1.807, 2.05) is 36.4 Å². The third kappa shape index (κ3) is 4.46. The average molecular weight is 376 g/mol. The number of benzene rings is 2. The number of nitrogens with one attached hydrogen (secondary N) is 1. The molecule has 1 atom stereocenters. The molecule has 136 valence electrons. The van der Waals surface area contributed by atoms with Crippen molar-refractivity contribution in [3.05, 3.63) is 64.2 Å². The van der Waals surface area contributed by atoms with E-state index in [1.165, 1.54) is 0 Å². The zero-order chi connectivity index (χ0) is 18.5. The largest absolute Gasteiger partial charge is 0.493 e. The standard InChI is InChI=1S/C19H18ClNO5/c20-15-8-13-6-7-25-17(13)14(9-15)10-16(18(22)23)21-19(24)26-11-12-4-2-1-3-5-12/h1-5,8-9,16H,6-7,10-11H2,(H,21,24)(H,22,23). The van der Waals surface area contributed by atoms with Crippen molar-refractivity contribution in [1.29, 1.82) is 0 Å². The average Bonchev–Trinajstić information content (AvgIpc) is 3.08. The van der Waals surface area contributed by atoms with Crippen molar-refractivity contribution in [2.75, 3.05) is 6.61 Å². The first-order valence-electron chi connectivity index (χ1n) is 8.17. The number of ether oxygens (including phenoxy) is 2. The SMILES string of the molecule is O=C(NC(Cc1cc(Cl)cc2c1OCC2)C(=O)O)OCc1ccccc1. The van der Waals surface area contributed by atoms with Gasteiger partial charge in [-0.15, -0.1) is 0 Å². The summed E-state index contributed by atoms with van der Waals surface area (Å²) in [5.74, 6) is -0.506. The summed E-state index contributed by atoms with van der Waals surface area (Å²) in [7, 11) is 0. The Bertz CT molecular complexity index is 809. The minimum Gasteiger partial charge on any atom is -0.493 e. The summed E-state index contributed by atoms with van der Waals surface area (Å²) in [6, 6.07) is 11.5. The quantitative estimate of drug-likeness (QED) is 0.809. The molecule has 1 aliphatic heterocycles. The Hall–Kier alpha value is -2.73. The molecule has 1 heterocycles. The molecule has 7 heteroatoms. The molecule has 0 aliphatic carbocycles. The predicted octanol–water partition coefficient (Wildman–Crippen LogP) is 3.20. The van der Waals surface area contributed by atoms with Crippen LogP contribution in [0.15, 0.2) is 42.5 Å². The van der Waals surface area contributed by atoms with E-state index in [0.29, 0.717) is 22.9 Å². The maximum atomic E-state index is 12.0. The third-order valence-electron chi connectivity index (χ3n) is 4.05. The molecular formula is C19H18ClNO5. The van der Waals surface area contributed by atoms with Gasteiger partial charge in [-0.25, -0.2) is 9.59 Å². The first-order valence-corrected chi connectivity index (χ1v) is 8.55. The number of hydrogen-bond acceptors (Lipinski definition) is 4. The van der Waals surface area contributed by atoms with Crippen LogP contribution in [0.5, 0.6) is 5.75 Å². The highest BCUT2D eigenvalue weighted by Crippen LogP contribution is 2.33. The second-order valence-electron chi connectivity index (χ2n) is 5.95. The number of carbonyl (C=O) groups excluding carboxylic acids is 1. The Morgan fingerprint density at radius 1 is 1.27 bits per heavy atom. The van der Waals surface area contributed by atoms with Gasteiger partial charge in [-0.1, -0.05) is 41.9 Å². The molecule has 26 heavy (non-hydrogen) atoms. The van der Waals surface area contributed by atoms with Gasteiger partial charge in [-0.3, -0.25) is 0 Å². The fourth-order valence-corrected chi connectivity index (χ4v) is 3.09. The highest BCUT2D eigenvalue weighted by molar-refractivity contribution is 6.30. The number of carboxylic acid groups (broad SMARTS) is 1. The molecule has 0 radical (unpaired) electrons. The summed E-state index contributed by atoms with van der Waals surface area (Å²) < 4.78 is 10.7. The van der Waals surface area contributed by atoms with Gasteiger partial charge in [0.1, 0.15) is 18.4 Å². The molecule has 1 unspecified atom stereocenters. The van der Waals surface area contributed by atoms with Gasteiger partial charge < -0.3 is 19.9 Å². The zero-order valence-electron chi connectivity index (χ0n) is 13.9. The van der Waals surface area contributed by atoms with Gasteiger partial charge >= 0.3 is 12.1 Å². The number of halogens is 1. The first-order chi connectivity index (χ1) is 12.5. The number of fused-ring (bicyclic) bond motifs is 1. The number of hydrogen-bond donors (Lipinski definition) is 2. The highest BCUT2D eigenvalue weighted by Gasteiger charge is 2.25. The van der Waals surface area contributed by atoms with Crippen LogP contribution in [0, 0.1) is 0 Å². The molecule has 3 rings (SSSR count). The maximum Gasteiger partial charge on any atom is 0.408 e. The van der Waals surface area contributed by atoms with Gasteiger partial charge in [0.2, 0.25) is 0 Å². The maximum absolute atomic E-state index is 12.0. The number of carbonyl (C=O) groups is 2. The van der Waals surface area contributed by atoms with Crippen molar-refractivity contribution in [3.63, 3.8) is 0 Å². The molecule has 6 nitrogen and oxygen atoms in total. The monoisotopic (exact) mass is 375 g/mol. The molecule has 2 aromatic carbocycles. The third-order valence-corrected chi connectivity index (χ3v) is 4.27. The van der Waals surface area contributed by atoms with Crippen LogP contribution >= 0.6 is 11.6 Å². The topological polar surface area (TPSA) is 84.9 Å². The second-order valence-corrected chi connectivity index (χ2v) is 6.39. The van der Waals surface area contributed by atoms with E-state index in [1.54, 1.807) is 6.07 Å². The summed E-state index contributed by atoms with van der Waals surface area (Å²) in [5, 5.41) is 12.3. The number of rotatable bonds is 6. The summed E-state index contributed by atoms with van der Waals surface area (Å²) >= 11 is 6.10. The van der Waals surface area contributed by atoms with Crippen LogP contribution in [0.3, 0.4) is 0 Å². The molecule has 2 aromatic rings. The van der Waals surface area contributed by atoms with Gasteiger partial charge in [0.05, 0.1) is 6.61 Å². The molecule has 0 saturated heterocycles. The Morgan fingerprint density at radius 3 is 2.77 bits per heavy atom. The van der Waals surface area contributed by atoms with Crippen LogP contribution in [0.2, 0.25) is 5.02 Å². The van der Waals surface area contributed by atoms with Gasteiger partial charge in [0, 0.05) is 17.9 Å². The van der Waals surface area contributed by atoms with Gasteiger partial charge in [0.25, 0.3) is 0 Å². The van der Waals surface area contributed by atoms with Crippen molar-refractivity contribution < 1.29 is 24.2 Å². The lowest BCUT2D eigenvalue weighted by molar-refractivity contribution is -0.139. The van der Waals surface area contributed by atoms with E-state index < -0.39 is 18.1 Å². The lowest BCUT2D eigenvalue weighted by atomic mass is 10.0. The number of amides is 1. The molecule has 0 fully saturated rings. The Kier molecular flexibility index (Phi) is 5.63. The van der Waals surface area contributed by atoms with E-state index in [9.17, 15) is 14.7 Å². The number of aliphatic carboxylic acids is 1. The predicted molar refractivity (Wildman–Crippen MR) is 95.5 cm³/mol. The highest BCUT2D eigenvalue weighted by atomic mass is 35.5. The molecule has 0 saturated carbocycles. The minimum absolute atomic E-state index is 0.0542. The van der Waals surface area contributed by atoms with Crippen molar-refractivity contribution in [2.45, 2.75) is 25.5 Å². The second kappa shape index (κ2) is 8.10. The van der Waals surface area contributed by atoms with E-state index in [-0.39, 0.29) is 13.0 Å². The van der Waals surface area contributed by atoms with Crippen molar-refractivity contribution in [1.82, 2.24) is 5.32 Å². The van der Waals surface area contributed by atoms with Crippen molar-refractivity contribution >= 4 is 23.7 Å². The van der Waals surface area contributed by atoms with Crippen LogP contribution in [-0.2, 0) is 29.0 Å². The summed E-state index contributed by atoms with van der Waals surface area (Å²) in [6.07, 6.45) is -0.00731. The first kappa shape index (κ1) is 18.1. The summed E-state index contributed by atoms with van der Waals surface area (Å²) in [6.45, 7) is 0.599. The summed E-state index contributed by atoms with van der Waals surface area (Å²) in [5.41, 5.74) is 2.42. The van der Waals surface area contributed by atoms with Crippen LogP contribution in [-0.4, -0.2) is 29.8 Å². The van der Waals surface area contributed by atoms with E-state index in [4.69, 9.17) is 21.1 Å². The Balaban J connectivity index is 1.65. The Morgan fingerprint density at radius 2 is 2.04 bits per heavy atom. The fraction of sp³-hybridized carbons (Fsp3) is 0.263. The molecule has 1 amide bonds. The zero-order valence-corrected chi connectivity index (χ0v) is 14.7. The fourth-order valence-electron chi connectivity index (χ4n) is 2.82. The van der Waals surface area contributed by atoms with Crippen LogP contribution in [0.25, 0.3) is 0 Å². The van der Waals surface area contributed by atoms with Gasteiger partial charge in [-0.05, 0) is 28.8 Å². The summed E-state index contributed by atoms with van der Waals surface area (Å²) in [4.78, 5) is 23.5. The van der Waals surface area contributed by atoms with Crippen molar-refractivity contribution in [3.8, 4) is 5.75 Å². The molecule has 0 spiro atoms. The van der Waals surface area contributed by atoms with Crippen LogP contribution in [0.1, 0.15) is 16.7 Å². The molecule has 0 bridgehead atoms. The smallest absolute Gasteiger partial charge is 0.408 e. The minimum atomic E-state index is -1.16. The molecule has 2 N–H and O–H groups in total. The molecular weight excluding hydrogens is 358 g/mol. The number of carboxylic acids is 1. The van der Waals surface area contributed by atoms with E-state index >= 15 is 0 Å². The van der Waals surface area contributed by atoms with Crippen LogP contribution < -0.4 is 10.1 Å². The van der Waals surface area contributed by atoms with Crippen LogP contribution in [0.4, 0.5) is 4.79 Å². The van der Waals surface area contributed by atoms with E-state index in [2.05, 4.69) is 5.32 Å². The van der Waals surface area contributed by atoms with Gasteiger partial charge in [-0.2, -0.15) is 0 Å². The van der Waals surface area contributed by atoms with Gasteiger partial charge in [0.15, 0.2) is 0 Å². The number of alkyl carbamates (subject to hydrolysis) is 1. The Labute approximate surface area is 155 Å². The lowest BCUT2D eigenvalue weighted by Crippen LogP contribution is -2.42. The lowest BCUT2D eigenvalue weighted by Gasteiger charge is -2.16. The van der Waals surface area contributed by atoms with Crippen molar-refractivity contribution in [2.24, 2.45) is 0 Å². The molecule has 1 aliphatic rings. The van der Waals surface area contributed by atoms with E-state index in [0.717, 1.165) is 17.5 Å².